The Morgan fingerprint density at radius 1 is 0.871 bits per heavy atom. The average molecular weight is 465 g/mol. The highest BCUT2D eigenvalue weighted by Gasteiger charge is 2.18. The predicted molar refractivity (Wildman–Crippen MR) is 122 cm³/mol. The van der Waals surface area contributed by atoms with Gasteiger partial charge in [0.05, 0.1) is 37.1 Å². The van der Waals surface area contributed by atoms with E-state index in [-0.39, 0.29) is 21.5 Å². The van der Waals surface area contributed by atoms with Crippen LogP contribution in [0.3, 0.4) is 0 Å². The van der Waals surface area contributed by atoms with Crippen molar-refractivity contribution in [1.29, 1.82) is 0 Å². The summed E-state index contributed by atoms with van der Waals surface area (Å²) in [7, 11) is 4.56. The number of halogens is 2. The molecule has 0 bridgehead atoms. The van der Waals surface area contributed by atoms with Crippen LogP contribution in [0, 0.1) is 0 Å². The van der Waals surface area contributed by atoms with Gasteiger partial charge in [-0.1, -0.05) is 29.3 Å². The summed E-state index contributed by atoms with van der Waals surface area (Å²) in [5.41, 5.74) is 7.62. The van der Waals surface area contributed by atoms with E-state index in [9.17, 15) is 5.11 Å². The fourth-order valence-corrected chi connectivity index (χ4v) is 3.52. The van der Waals surface area contributed by atoms with Gasteiger partial charge in [-0.2, -0.15) is 0 Å². The van der Waals surface area contributed by atoms with E-state index in [1.54, 1.807) is 43.5 Å². The Morgan fingerprint density at radius 2 is 1.58 bits per heavy atom. The van der Waals surface area contributed by atoms with Gasteiger partial charge in [-0.15, -0.1) is 0 Å². The number of nitrogen functional groups attached to an aromatic ring is 1. The highest BCUT2D eigenvalue weighted by molar-refractivity contribution is 6.37. The number of hydrogen-bond donors (Lipinski definition) is 3. The largest absolute Gasteiger partial charge is 0.504 e. The number of anilines is 2. The number of benzene rings is 3. The van der Waals surface area contributed by atoms with Crippen LogP contribution in [0.25, 0.3) is 0 Å². The highest BCUT2D eigenvalue weighted by atomic mass is 35.5. The highest BCUT2D eigenvalue weighted by Crippen LogP contribution is 2.45. The maximum atomic E-state index is 10.00. The molecule has 0 aliphatic rings. The molecule has 0 radical (unpaired) electrons. The predicted octanol–water partition coefficient (Wildman–Crippen LogP) is 5.71. The second kappa shape index (κ2) is 9.76. The Balaban J connectivity index is 1.93. The fourth-order valence-electron chi connectivity index (χ4n) is 2.94. The molecule has 0 fully saturated rings. The molecule has 0 atom stereocenters. The quantitative estimate of drug-likeness (QED) is 0.367. The van der Waals surface area contributed by atoms with Crippen molar-refractivity contribution < 1.29 is 24.1 Å². The number of nitrogens with one attached hydrogen (secondary N) is 1. The Hall–Kier alpha value is -3.16. The van der Waals surface area contributed by atoms with Crippen LogP contribution in [0.5, 0.6) is 34.5 Å². The summed E-state index contributed by atoms with van der Waals surface area (Å²) < 4.78 is 22.0. The molecule has 31 heavy (non-hydrogen) atoms. The maximum Gasteiger partial charge on any atom is 0.184 e. The minimum atomic E-state index is 0.0519. The molecule has 4 N–H and O–H groups in total. The van der Waals surface area contributed by atoms with Crippen LogP contribution in [0.2, 0.25) is 10.0 Å². The van der Waals surface area contributed by atoms with Gasteiger partial charge in [0.2, 0.25) is 0 Å². The van der Waals surface area contributed by atoms with E-state index in [4.69, 9.17) is 47.9 Å². The third-order valence-corrected chi connectivity index (χ3v) is 4.99. The minimum Gasteiger partial charge on any atom is -0.504 e. The zero-order valence-electron chi connectivity index (χ0n) is 17.2. The van der Waals surface area contributed by atoms with Crippen molar-refractivity contribution in [3.05, 3.63) is 58.1 Å². The van der Waals surface area contributed by atoms with Crippen LogP contribution in [0.4, 0.5) is 11.4 Å². The van der Waals surface area contributed by atoms with Crippen LogP contribution >= 0.6 is 23.2 Å². The van der Waals surface area contributed by atoms with Crippen molar-refractivity contribution in [2.24, 2.45) is 0 Å². The molecule has 0 heterocycles. The zero-order valence-corrected chi connectivity index (χ0v) is 18.7. The van der Waals surface area contributed by atoms with Gasteiger partial charge >= 0.3 is 0 Å². The third kappa shape index (κ3) is 5.13. The molecular formula is C22H22Cl2N2O5. The van der Waals surface area contributed by atoms with Gasteiger partial charge in [0, 0.05) is 24.4 Å². The van der Waals surface area contributed by atoms with Gasteiger partial charge in [0.1, 0.15) is 5.75 Å². The molecule has 164 valence electrons. The minimum absolute atomic E-state index is 0.0519. The molecule has 0 spiro atoms. The van der Waals surface area contributed by atoms with E-state index in [1.165, 1.54) is 14.2 Å². The van der Waals surface area contributed by atoms with Gasteiger partial charge in [-0.05, 0) is 29.8 Å². The van der Waals surface area contributed by atoms with Crippen molar-refractivity contribution in [1.82, 2.24) is 0 Å². The average Bonchev–Trinajstić information content (AvgIpc) is 2.74. The van der Waals surface area contributed by atoms with Crippen molar-refractivity contribution in [2.45, 2.75) is 6.54 Å². The number of aromatic hydroxyl groups is 1. The van der Waals surface area contributed by atoms with E-state index in [0.29, 0.717) is 40.9 Å². The van der Waals surface area contributed by atoms with Gasteiger partial charge in [0.25, 0.3) is 0 Å². The first kappa shape index (κ1) is 22.5. The molecule has 0 aliphatic carbocycles. The summed E-state index contributed by atoms with van der Waals surface area (Å²) in [6.07, 6.45) is 0. The van der Waals surface area contributed by atoms with E-state index in [2.05, 4.69) is 5.32 Å². The SMILES string of the molecule is COc1cc(NCc2ccc(OC)c(O)c2)c(OC)c(Oc2c(Cl)cc(N)cc2Cl)c1. The van der Waals surface area contributed by atoms with Crippen LogP contribution < -0.4 is 30.0 Å². The van der Waals surface area contributed by atoms with E-state index >= 15 is 0 Å². The molecular weight excluding hydrogens is 443 g/mol. The number of methoxy groups -OCH3 is 3. The van der Waals surface area contributed by atoms with Crippen LogP contribution in [-0.2, 0) is 6.54 Å². The number of phenolic OH excluding ortho intramolecular Hbond substituents is 1. The zero-order chi connectivity index (χ0) is 22.5. The summed E-state index contributed by atoms with van der Waals surface area (Å²) in [5.74, 6) is 1.98. The second-order valence-corrected chi connectivity index (χ2v) is 7.30. The number of nitrogens with two attached hydrogens (primary N) is 1. The van der Waals surface area contributed by atoms with Gasteiger partial charge in [0.15, 0.2) is 28.7 Å². The van der Waals surface area contributed by atoms with Crippen LogP contribution in [-0.4, -0.2) is 26.4 Å². The normalized spacial score (nSPS) is 10.5. The molecule has 3 rings (SSSR count). The maximum absolute atomic E-state index is 10.00. The molecule has 0 saturated heterocycles. The van der Waals surface area contributed by atoms with Crippen molar-refractivity contribution in [3.8, 4) is 34.5 Å². The standard InChI is InChI=1S/C22H22Cl2N2O5/c1-28-14-9-17(26-11-12-4-5-19(29-2)18(27)6-12)22(30-3)20(10-14)31-21-15(23)7-13(25)8-16(21)24/h4-10,26-27H,11,25H2,1-3H3. The molecule has 3 aromatic carbocycles. The molecule has 7 nitrogen and oxygen atoms in total. The van der Waals surface area contributed by atoms with Crippen molar-refractivity contribution in [2.75, 3.05) is 32.4 Å². The van der Waals surface area contributed by atoms with E-state index in [0.717, 1.165) is 5.56 Å². The Kier molecular flexibility index (Phi) is 7.09. The lowest BCUT2D eigenvalue weighted by Gasteiger charge is -2.18. The lowest BCUT2D eigenvalue weighted by atomic mass is 10.2. The van der Waals surface area contributed by atoms with Gasteiger partial charge < -0.3 is 35.1 Å². The van der Waals surface area contributed by atoms with Crippen LogP contribution in [0.1, 0.15) is 5.56 Å². The molecule has 3 aromatic rings. The number of phenols is 1. The summed E-state index contributed by atoms with van der Waals surface area (Å²) in [6.45, 7) is 0.393. The molecule has 9 heteroatoms. The number of hydrogen-bond acceptors (Lipinski definition) is 7. The van der Waals surface area contributed by atoms with Gasteiger partial charge in [-0.25, -0.2) is 0 Å². The molecule has 0 unspecified atom stereocenters. The van der Waals surface area contributed by atoms with Gasteiger partial charge in [-0.3, -0.25) is 0 Å². The van der Waals surface area contributed by atoms with Crippen LogP contribution in [0.15, 0.2) is 42.5 Å². The monoisotopic (exact) mass is 464 g/mol. The molecule has 0 aromatic heterocycles. The molecule has 0 aliphatic heterocycles. The molecule has 0 saturated carbocycles. The first-order valence-corrected chi connectivity index (χ1v) is 9.90. The first-order chi connectivity index (χ1) is 14.9. The smallest absolute Gasteiger partial charge is 0.184 e. The summed E-state index contributed by atoms with van der Waals surface area (Å²) in [6, 6.07) is 11.7. The van der Waals surface area contributed by atoms with Crippen molar-refractivity contribution >= 4 is 34.6 Å². The lowest BCUT2D eigenvalue weighted by Crippen LogP contribution is -2.03. The number of rotatable bonds is 8. The first-order valence-electron chi connectivity index (χ1n) is 9.14. The second-order valence-electron chi connectivity index (χ2n) is 6.48. The topological polar surface area (TPSA) is 95.2 Å². The Bertz CT molecular complexity index is 1070. The van der Waals surface area contributed by atoms with Crippen molar-refractivity contribution in [3.63, 3.8) is 0 Å². The Labute approximate surface area is 190 Å². The number of ether oxygens (including phenoxy) is 4. The summed E-state index contributed by atoms with van der Waals surface area (Å²) in [4.78, 5) is 0. The fraction of sp³-hybridized carbons (Fsp3) is 0.182. The Morgan fingerprint density at radius 3 is 2.16 bits per heavy atom. The summed E-state index contributed by atoms with van der Waals surface area (Å²) >= 11 is 12.5. The third-order valence-electron chi connectivity index (χ3n) is 4.43. The molecule has 0 amide bonds. The van der Waals surface area contributed by atoms with E-state index < -0.39 is 0 Å². The summed E-state index contributed by atoms with van der Waals surface area (Å²) in [5, 5.41) is 13.8. The lowest BCUT2D eigenvalue weighted by molar-refractivity contribution is 0.372. The van der Waals surface area contributed by atoms with E-state index in [1.807, 2.05) is 6.07 Å².